The summed E-state index contributed by atoms with van der Waals surface area (Å²) in [6, 6.07) is 14.5. The number of hydrogen-bond donors (Lipinski definition) is 1. The number of anilines is 1. The number of hydrogen-bond acceptors (Lipinski definition) is 3. The first-order valence-corrected chi connectivity index (χ1v) is 7.46. The number of nitrogens with zero attached hydrogens (tertiary/aromatic N) is 2. The molecule has 1 N–H and O–H groups in total. The zero-order valence-corrected chi connectivity index (χ0v) is 13.6. The van der Waals surface area contributed by atoms with Crippen LogP contribution in [0.1, 0.15) is 19.4 Å². The summed E-state index contributed by atoms with van der Waals surface area (Å²) < 4.78 is 0. The number of carbonyl (C=O) groups is 1. The van der Waals surface area contributed by atoms with E-state index in [0.29, 0.717) is 0 Å². The van der Waals surface area contributed by atoms with Crippen molar-refractivity contribution in [3.05, 3.63) is 48.0 Å². The van der Waals surface area contributed by atoms with Crippen LogP contribution in [0, 0.1) is 0 Å². The van der Waals surface area contributed by atoms with E-state index in [-0.39, 0.29) is 11.9 Å². The third-order valence-electron chi connectivity index (χ3n) is 3.43. The number of pyridine rings is 1. The molecule has 1 heterocycles. The summed E-state index contributed by atoms with van der Waals surface area (Å²) in [5.41, 5.74) is 3.26. The quantitative estimate of drug-likeness (QED) is 0.923. The summed E-state index contributed by atoms with van der Waals surface area (Å²) in [4.78, 5) is 17.7. The molecule has 0 radical (unpaired) electrons. The molecule has 0 spiro atoms. The van der Waals surface area contributed by atoms with E-state index in [0.717, 1.165) is 23.5 Å². The molecule has 0 fully saturated rings. The fraction of sp³-hybridized carbons (Fsp3) is 0.333. The van der Waals surface area contributed by atoms with Crippen molar-refractivity contribution in [2.45, 2.75) is 26.3 Å². The van der Waals surface area contributed by atoms with Crippen LogP contribution in [0.3, 0.4) is 0 Å². The van der Waals surface area contributed by atoms with Gasteiger partial charge in [0.15, 0.2) is 0 Å². The van der Waals surface area contributed by atoms with Crippen LogP contribution in [0.5, 0.6) is 0 Å². The first kappa shape index (κ1) is 16.0. The fourth-order valence-corrected chi connectivity index (χ4v) is 2.40. The summed E-state index contributed by atoms with van der Waals surface area (Å²) in [6.07, 6.45) is 0.824. The van der Waals surface area contributed by atoms with Crippen molar-refractivity contribution in [3.8, 4) is 11.3 Å². The third kappa shape index (κ3) is 4.32. The van der Waals surface area contributed by atoms with Crippen molar-refractivity contribution in [1.29, 1.82) is 0 Å². The van der Waals surface area contributed by atoms with Crippen LogP contribution in [0.2, 0.25) is 0 Å². The van der Waals surface area contributed by atoms with Crippen molar-refractivity contribution >= 4 is 11.7 Å². The van der Waals surface area contributed by atoms with Gasteiger partial charge in [-0.1, -0.05) is 30.3 Å². The predicted octanol–water partition coefficient (Wildman–Crippen LogP) is 2.88. The molecule has 2 rings (SSSR count). The van der Waals surface area contributed by atoms with Gasteiger partial charge < -0.3 is 10.2 Å². The lowest BCUT2D eigenvalue weighted by Gasteiger charge is -2.14. The lowest BCUT2D eigenvalue weighted by atomic mass is 10.0. The second kappa shape index (κ2) is 7.07. The third-order valence-corrected chi connectivity index (χ3v) is 3.43. The lowest BCUT2D eigenvalue weighted by Crippen LogP contribution is -2.31. The number of nitrogens with one attached hydrogen (secondary N) is 1. The molecule has 1 aromatic heterocycles. The van der Waals surface area contributed by atoms with E-state index in [1.807, 2.05) is 44.1 Å². The first-order chi connectivity index (χ1) is 10.5. The fourth-order valence-electron chi connectivity index (χ4n) is 2.40. The standard InChI is InChI=1S/C18H23N3O/c1-13(19-14(2)22)12-15-8-10-16(11-9-15)17-6-5-7-18(20-17)21(3)4/h5-11,13H,12H2,1-4H3,(H,19,22). The Balaban J connectivity index is 2.11. The minimum atomic E-state index is 0.00817. The molecule has 2 aromatic rings. The van der Waals surface area contributed by atoms with Crippen LogP contribution in [-0.2, 0) is 11.2 Å². The number of rotatable bonds is 5. The summed E-state index contributed by atoms with van der Waals surface area (Å²) in [7, 11) is 3.97. The average Bonchev–Trinajstić information content (AvgIpc) is 2.47. The van der Waals surface area contributed by atoms with E-state index in [1.54, 1.807) is 6.92 Å². The lowest BCUT2D eigenvalue weighted by molar-refractivity contribution is -0.119. The Morgan fingerprint density at radius 3 is 2.45 bits per heavy atom. The zero-order valence-electron chi connectivity index (χ0n) is 13.6. The van der Waals surface area contributed by atoms with Crippen LogP contribution in [-0.4, -0.2) is 31.0 Å². The highest BCUT2D eigenvalue weighted by Crippen LogP contribution is 2.20. The monoisotopic (exact) mass is 297 g/mol. The molecular weight excluding hydrogens is 274 g/mol. The van der Waals surface area contributed by atoms with Crippen molar-refractivity contribution in [2.75, 3.05) is 19.0 Å². The van der Waals surface area contributed by atoms with Crippen LogP contribution >= 0.6 is 0 Å². The molecule has 0 saturated heterocycles. The van der Waals surface area contributed by atoms with Gasteiger partial charge in [-0.15, -0.1) is 0 Å². The van der Waals surface area contributed by atoms with Gasteiger partial charge in [-0.2, -0.15) is 0 Å². The molecule has 116 valence electrons. The van der Waals surface area contributed by atoms with Crippen molar-refractivity contribution in [3.63, 3.8) is 0 Å². The van der Waals surface area contributed by atoms with E-state index in [4.69, 9.17) is 0 Å². The van der Waals surface area contributed by atoms with Crippen LogP contribution < -0.4 is 10.2 Å². The molecular formula is C18H23N3O. The Morgan fingerprint density at radius 1 is 1.18 bits per heavy atom. The predicted molar refractivity (Wildman–Crippen MR) is 91.0 cm³/mol. The van der Waals surface area contributed by atoms with Gasteiger partial charge in [-0.25, -0.2) is 4.98 Å². The molecule has 0 bridgehead atoms. The van der Waals surface area contributed by atoms with E-state index in [2.05, 4.69) is 34.6 Å². The molecule has 1 atom stereocenters. The van der Waals surface area contributed by atoms with Crippen molar-refractivity contribution in [2.24, 2.45) is 0 Å². The topological polar surface area (TPSA) is 45.2 Å². The average molecular weight is 297 g/mol. The maximum absolute atomic E-state index is 11.0. The highest BCUT2D eigenvalue weighted by Gasteiger charge is 2.06. The van der Waals surface area contributed by atoms with Gasteiger partial charge in [0, 0.05) is 32.6 Å². The Hall–Kier alpha value is -2.36. The van der Waals surface area contributed by atoms with E-state index < -0.39 is 0 Å². The second-order valence-electron chi connectivity index (χ2n) is 5.78. The van der Waals surface area contributed by atoms with Gasteiger partial charge in [0.25, 0.3) is 0 Å². The summed E-state index contributed by atoms with van der Waals surface area (Å²) in [5.74, 6) is 0.953. The number of aromatic nitrogens is 1. The van der Waals surface area contributed by atoms with Gasteiger partial charge in [-0.3, -0.25) is 4.79 Å². The molecule has 0 aliphatic rings. The summed E-state index contributed by atoms with van der Waals surface area (Å²) in [5, 5.41) is 2.90. The minimum absolute atomic E-state index is 0.00817. The van der Waals surface area contributed by atoms with E-state index in [1.165, 1.54) is 5.56 Å². The SMILES string of the molecule is CC(=O)NC(C)Cc1ccc(-c2cccc(N(C)C)n2)cc1. The molecule has 1 amide bonds. The largest absolute Gasteiger partial charge is 0.363 e. The highest BCUT2D eigenvalue weighted by atomic mass is 16.1. The van der Waals surface area contributed by atoms with Gasteiger partial charge in [0.1, 0.15) is 5.82 Å². The Labute approximate surface area is 132 Å². The Bertz CT molecular complexity index is 635. The Kier molecular flexibility index (Phi) is 5.15. The molecule has 0 aliphatic carbocycles. The van der Waals surface area contributed by atoms with Crippen LogP contribution in [0.25, 0.3) is 11.3 Å². The zero-order chi connectivity index (χ0) is 16.1. The highest BCUT2D eigenvalue weighted by molar-refractivity contribution is 5.73. The van der Waals surface area contributed by atoms with Gasteiger partial charge in [-0.05, 0) is 31.0 Å². The van der Waals surface area contributed by atoms with Gasteiger partial charge in [0.2, 0.25) is 5.91 Å². The van der Waals surface area contributed by atoms with E-state index in [9.17, 15) is 4.79 Å². The van der Waals surface area contributed by atoms with Crippen molar-refractivity contribution in [1.82, 2.24) is 10.3 Å². The normalized spacial score (nSPS) is 11.8. The van der Waals surface area contributed by atoms with Crippen LogP contribution in [0.4, 0.5) is 5.82 Å². The summed E-state index contributed by atoms with van der Waals surface area (Å²) >= 11 is 0. The number of carbonyl (C=O) groups excluding carboxylic acids is 1. The molecule has 0 saturated carbocycles. The second-order valence-corrected chi connectivity index (χ2v) is 5.78. The first-order valence-electron chi connectivity index (χ1n) is 7.46. The van der Waals surface area contributed by atoms with E-state index >= 15 is 0 Å². The molecule has 4 heteroatoms. The number of benzene rings is 1. The molecule has 1 aromatic carbocycles. The molecule has 1 unspecified atom stereocenters. The maximum atomic E-state index is 11.0. The van der Waals surface area contributed by atoms with Gasteiger partial charge >= 0.3 is 0 Å². The van der Waals surface area contributed by atoms with Gasteiger partial charge in [0.05, 0.1) is 5.69 Å². The van der Waals surface area contributed by atoms with Crippen LogP contribution in [0.15, 0.2) is 42.5 Å². The Morgan fingerprint density at radius 2 is 1.86 bits per heavy atom. The molecule has 0 aliphatic heterocycles. The maximum Gasteiger partial charge on any atom is 0.217 e. The summed E-state index contributed by atoms with van der Waals surface area (Å²) in [6.45, 7) is 3.56. The number of amides is 1. The minimum Gasteiger partial charge on any atom is -0.363 e. The molecule has 22 heavy (non-hydrogen) atoms. The van der Waals surface area contributed by atoms with Crippen molar-refractivity contribution < 1.29 is 4.79 Å². The molecule has 4 nitrogen and oxygen atoms in total. The smallest absolute Gasteiger partial charge is 0.217 e.